The number of aromatic amines is 1. The highest BCUT2D eigenvalue weighted by molar-refractivity contribution is 8.00. The summed E-state index contributed by atoms with van der Waals surface area (Å²) in [6.07, 6.45) is 2.58. The number of nitrogens with one attached hydrogen (secondary N) is 2. The molecule has 0 saturated carbocycles. The SMILES string of the molecule is O=c1[nH]c(CNCC2CCCS2)nc2cc(Cl)ccc12. The summed E-state index contributed by atoms with van der Waals surface area (Å²) < 4.78 is 0. The molecule has 0 spiro atoms. The number of fused-ring (bicyclic) bond motifs is 1. The molecule has 1 fully saturated rings. The van der Waals surface area contributed by atoms with Gasteiger partial charge >= 0.3 is 0 Å². The van der Waals surface area contributed by atoms with E-state index in [-0.39, 0.29) is 5.56 Å². The Morgan fingerprint density at radius 3 is 3.20 bits per heavy atom. The van der Waals surface area contributed by atoms with Crippen LogP contribution >= 0.6 is 23.4 Å². The maximum atomic E-state index is 12.0. The van der Waals surface area contributed by atoms with Gasteiger partial charge in [0.1, 0.15) is 5.82 Å². The van der Waals surface area contributed by atoms with E-state index in [1.165, 1.54) is 18.6 Å². The zero-order chi connectivity index (χ0) is 13.9. The smallest absolute Gasteiger partial charge is 0.258 e. The standard InChI is InChI=1S/C14H16ClN3OS/c15-9-3-4-11-12(6-9)17-13(18-14(11)19)8-16-7-10-2-1-5-20-10/h3-4,6,10,16H,1-2,5,7-8H2,(H,17,18,19). The molecule has 0 amide bonds. The van der Waals surface area contributed by atoms with E-state index >= 15 is 0 Å². The lowest BCUT2D eigenvalue weighted by atomic mass is 10.2. The van der Waals surface area contributed by atoms with Crippen LogP contribution in [-0.2, 0) is 6.54 Å². The van der Waals surface area contributed by atoms with Gasteiger partial charge in [-0.05, 0) is 36.8 Å². The Morgan fingerprint density at radius 2 is 2.40 bits per heavy atom. The number of halogens is 1. The van der Waals surface area contributed by atoms with E-state index in [1.807, 2.05) is 11.8 Å². The number of benzene rings is 1. The number of thioether (sulfide) groups is 1. The lowest BCUT2D eigenvalue weighted by molar-refractivity contribution is 0.628. The van der Waals surface area contributed by atoms with Crippen molar-refractivity contribution in [3.8, 4) is 0 Å². The summed E-state index contributed by atoms with van der Waals surface area (Å²) in [6.45, 7) is 1.54. The molecule has 1 atom stereocenters. The average molecular weight is 310 g/mol. The molecule has 0 bridgehead atoms. The van der Waals surface area contributed by atoms with Crippen molar-refractivity contribution in [1.29, 1.82) is 0 Å². The Labute approximate surface area is 126 Å². The van der Waals surface area contributed by atoms with Gasteiger partial charge in [0, 0.05) is 16.8 Å². The summed E-state index contributed by atoms with van der Waals surface area (Å²) in [5.41, 5.74) is 0.534. The van der Waals surface area contributed by atoms with Crippen molar-refractivity contribution >= 4 is 34.3 Å². The van der Waals surface area contributed by atoms with Crippen molar-refractivity contribution in [2.75, 3.05) is 12.3 Å². The van der Waals surface area contributed by atoms with Gasteiger partial charge in [-0.2, -0.15) is 11.8 Å². The van der Waals surface area contributed by atoms with E-state index in [1.54, 1.807) is 18.2 Å². The number of aromatic nitrogens is 2. The van der Waals surface area contributed by atoms with Crippen LogP contribution in [0.3, 0.4) is 0 Å². The van der Waals surface area contributed by atoms with Gasteiger partial charge in [-0.1, -0.05) is 11.6 Å². The van der Waals surface area contributed by atoms with Crippen LogP contribution < -0.4 is 10.9 Å². The third-order valence-electron chi connectivity index (χ3n) is 3.41. The summed E-state index contributed by atoms with van der Waals surface area (Å²) >= 11 is 7.96. The van der Waals surface area contributed by atoms with Crippen molar-refractivity contribution in [1.82, 2.24) is 15.3 Å². The lowest BCUT2D eigenvalue weighted by Crippen LogP contribution is -2.25. The minimum atomic E-state index is -0.112. The average Bonchev–Trinajstić information content (AvgIpc) is 2.91. The molecule has 3 rings (SSSR count). The summed E-state index contributed by atoms with van der Waals surface area (Å²) in [4.78, 5) is 19.2. The first kappa shape index (κ1) is 13.9. The van der Waals surface area contributed by atoms with Crippen molar-refractivity contribution in [2.24, 2.45) is 0 Å². The fraction of sp³-hybridized carbons (Fsp3) is 0.429. The molecule has 1 aromatic carbocycles. The van der Waals surface area contributed by atoms with E-state index in [9.17, 15) is 4.79 Å². The van der Waals surface area contributed by atoms with E-state index in [2.05, 4.69) is 15.3 Å². The van der Waals surface area contributed by atoms with Gasteiger partial charge < -0.3 is 10.3 Å². The summed E-state index contributed by atoms with van der Waals surface area (Å²) in [5.74, 6) is 1.92. The highest BCUT2D eigenvalue weighted by Gasteiger charge is 2.14. The topological polar surface area (TPSA) is 57.8 Å². The largest absolute Gasteiger partial charge is 0.309 e. The van der Waals surface area contributed by atoms with Crippen LogP contribution in [0.5, 0.6) is 0 Å². The van der Waals surface area contributed by atoms with Crippen LogP contribution in [0.2, 0.25) is 5.02 Å². The van der Waals surface area contributed by atoms with Crippen molar-refractivity contribution in [3.05, 3.63) is 39.4 Å². The van der Waals surface area contributed by atoms with Gasteiger partial charge in [0.2, 0.25) is 0 Å². The zero-order valence-corrected chi connectivity index (χ0v) is 12.6. The maximum Gasteiger partial charge on any atom is 0.258 e. The highest BCUT2D eigenvalue weighted by atomic mass is 35.5. The van der Waals surface area contributed by atoms with Crippen LogP contribution in [0, 0.1) is 0 Å². The second-order valence-corrected chi connectivity index (χ2v) is 6.78. The summed E-state index contributed by atoms with van der Waals surface area (Å²) in [6, 6.07) is 5.13. The number of H-pyrrole nitrogens is 1. The van der Waals surface area contributed by atoms with Crippen LogP contribution in [-0.4, -0.2) is 27.5 Å². The fourth-order valence-corrected chi connectivity index (χ4v) is 3.80. The van der Waals surface area contributed by atoms with Crippen molar-refractivity contribution in [3.63, 3.8) is 0 Å². The first-order chi connectivity index (χ1) is 9.72. The Hall–Kier alpha value is -1.04. The zero-order valence-electron chi connectivity index (χ0n) is 11.0. The number of hydrogen-bond acceptors (Lipinski definition) is 4. The van der Waals surface area contributed by atoms with Crippen LogP contribution in [0.15, 0.2) is 23.0 Å². The number of hydrogen-bond donors (Lipinski definition) is 2. The Morgan fingerprint density at radius 1 is 1.50 bits per heavy atom. The number of rotatable bonds is 4. The second kappa shape index (κ2) is 6.16. The first-order valence-corrected chi connectivity index (χ1v) is 8.16. The molecule has 0 aliphatic carbocycles. The minimum Gasteiger partial charge on any atom is -0.309 e. The van der Waals surface area contributed by atoms with Gasteiger partial charge in [-0.3, -0.25) is 4.79 Å². The lowest BCUT2D eigenvalue weighted by Gasteiger charge is -2.09. The van der Waals surface area contributed by atoms with E-state index in [0.717, 1.165) is 6.54 Å². The molecule has 1 unspecified atom stereocenters. The molecular weight excluding hydrogens is 294 g/mol. The Balaban J connectivity index is 1.72. The van der Waals surface area contributed by atoms with E-state index in [0.29, 0.717) is 33.5 Å². The van der Waals surface area contributed by atoms with Gasteiger partial charge in [0.25, 0.3) is 5.56 Å². The third-order valence-corrected chi connectivity index (χ3v) is 5.04. The first-order valence-electron chi connectivity index (χ1n) is 6.73. The molecule has 2 aromatic rings. The third kappa shape index (κ3) is 3.16. The minimum absolute atomic E-state index is 0.112. The van der Waals surface area contributed by atoms with Gasteiger partial charge in [0.15, 0.2) is 0 Å². The van der Waals surface area contributed by atoms with Gasteiger partial charge in [0.05, 0.1) is 17.4 Å². The monoisotopic (exact) mass is 309 g/mol. The van der Waals surface area contributed by atoms with Crippen molar-refractivity contribution in [2.45, 2.75) is 24.6 Å². The highest BCUT2D eigenvalue weighted by Crippen LogP contribution is 2.25. The molecule has 1 aliphatic rings. The molecule has 1 aromatic heterocycles. The van der Waals surface area contributed by atoms with Crippen LogP contribution in [0.1, 0.15) is 18.7 Å². The molecule has 1 aliphatic heterocycles. The Kier molecular flexibility index (Phi) is 4.29. The van der Waals surface area contributed by atoms with Crippen LogP contribution in [0.25, 0.3) is 10.9 Å². The maximum absolute atomic E-state index is 12.0. The number of nitrogens with zero attached hydrogens (tertiary/aromatic N) is 1. The quantitative estimate of drug-likeness (QED) is 0.911. The summed E-state index contributed by atoms with van der Waals surface area (Å²) in [7, 11) is 0. The molecule has 4 nitrogen and oxygen atoms in total. The molecule has 20 heavy (non-hydrogen) atoms. The molecule has 2 N–H and O–H groups in total. The van der Waals surface area contributed by atoms with Crippen molar-refractivity contribution < 1.29 is 0 Å². The Bertz CT molecular complexity index is 667. The molecule has 0 radical (unpaired) electrons. The van der Waals surface area contributed by atoms with E-state index < -0.39 is 0 Å². The molecular formula is C14H16ClN3OS. The second-order valence-electron chi connectivity index (χ2n) is 4.94. The fourth-order valence-electron chi connectivity index (χ4n) is 2.40. The summed E-state index contributed by atoms with van der Waals surface area (Å²) in [5, 5.41) is 5.22. The predicted octanol–water partition coefficient (Wildman–Crippen LogP) is 2.56. The van der Waals surface area contributed by atoms with Crippen LogP contribution in [0.4, 0.5) is 0 Å². The molecule has 1 saturated heterocycles. The van der Waals surface area contributed by atoms with Gasteiger partial charge in [-0.25, -0.2) is 4.98 Å². The normalized spacial score (nSPS) is 18.8. The predicted molar refractivity (Wildman–Crippen MR) is 84.6 cm³/mol. The van der Waals surface area contributed by atoms with Gasteiger partial charge in [-0.15, -0.1) is 0 Å². The molecule has 6 heteroatoms. The van der Waals surface area contributed by atoms with E-state index in [4.69, 9.17) is 11.6 Å². The molecule has 106 valence electrons. The molecule has 2 heterocycles.